The Labute approximate surface area is 192 Å². The van der Waals surface area contributed by atoms with Crippen LogP contribution in [-0.2, 0) is 5.41 Å². The van der Waals surface area contributed by atoms with Crippen molar-refractivity contribution in [2.24, 2.45) is 5.92 Å². The number of aromatic nitrogens is 2. The highest BCUT2D eigenvalue weighted by molar-refractivity contribution is 5.85. The van der Waals surface area contributed by atoms with Crippen molar-refractivity contribution in [2.75, 3.05) is 0 Å². The Balaban J connectivity index is 2.27. The van der Waals surface area contributed by atoms with Crippen molar-refractivity contribution in [1.82, 2.24) is 9.97 Å². The Hall–Kier alpha value is -3.66. The van der Waals surface area contributed by atoms with E-state index >= 15 is 4.39 Å². The van der Waals surface area contributed by atoms with Crippen LogP contribution < -0.4 is 0 Å². The molecule has 5 nitrogen and oxygen atoms in total. The van der Waals surface area contributed by atoms with Crippen LogP contribution in [0.5, 0.6) is 0 Å². The molecule has 1 unspecified atom stereocenters. The van der Waals surface area contributed by atoms with Gasteiger partial charge in [-0.15, -0.1) is 0 Å². The molecule has 3 rings (SSSR count). The molecule has 0 radical (unpaired) electrons. The third-order valence-corrected chi connectivity index (χ3v) is 6.08. The van der Waals surface area contributed by atoms with Gasteiger partial charge in [0.25, 0.3) is 5.69 Å². The van der Waals surface area contributed by atoms with Crippen LogP contribution in [0.1, 0.15) is 68.0 Å². The van der Waals surface area contributed by atoms with Gasteiger partial charge in [-0.05, 0) is 67.6 Å². The predicted octanol–water partition coefficient (Wildman–Crippen LogP) is 6.76. The molecule has 1 aromatic carbocycles. The average Bonchev–Trinajstić information content (AvgIpc) is 2.78. The van der Waals surface area contributed by atoms with Gasteiger partial charge in [-0.25, -0.2) is 23.4 Å². The molecule has 0 bridgehead atoms. The van der Waals surface area contributed by atoms with Gasteiger partial charge in [-0.3, -0.25) is 4.98 Å². The molecular weight excluding hydrogens is 424 g/mol. The molecule has 0 aliphatic carbocycles. The van der Waals surface area contributed by atoms with Gasteiger partial charge in [-0.2, -0.15) is 0 Å². The van der Waals surface area contributed by atoms with E-state index in [2.05, 4.69) is 35.6 Å². The molecule has 0 saturated carbocycles. The minimum atomic E-state index is -1.14. The zero-order valence-corrected chi connectivity index (χ0v) is 19.1. The molecule has 170 valence electrons. The molecular formula is C26H25F2N3O2. The third-order valence-electron chi connectivity index (χ3n) is 6.08. The summed E-state index contributed by atoms with van der Waals surface area (Å²) in [5, 5.41) is 9.34. The second-order valence-corrected chi connectivity index (χ2v) is 8.91. The van der Waals surface area contributed by atoms with Crippen molar-refractivity contribution in [3.8, 4) is 11.3 Å². The highest BCUT2D eigenvalue weighted by Crippen LogP contribution is 2.37. The third kappa shape index (κ3) is 4.61. The van der Waals surface area contributed by atoms with E-state index in [1.807, 2.05) is 19.9 Å². The number of halogens is 2. The zero-order valence-electron chi connectivity index (χ0n) is 19.1. The molecule has 1 N–H and O–H groups in total. The van der Waals surface area contributed by atoms with Gasteiger partial charge in [0, 0.05) is 11.0 Å². The van der Waals surface area contributed by atoms with Gasteiger partial charge in [-0.1, -0.05) is 26.8 Å². The standard InChI is InChI=1S/C26H25F2N3O2/c1-14(2)15(3)16-12-20(17-10-11-18(27)24(29-6)23(17)28)31-22(13-16)26(4,5)21-9-7-8-19(30-21)25(32)33/h7-15H,1-5H3,(H,32,33). The quantitative estimate of drug-likeness (QED) is 0.422. The van der Waals surface area contributed by atoms with Crippen molar-refractivity contribution in [2.45, 2.75) is 46.0 Å². The summed E-state index contributed by atoms with van der Waals surface area (Å²) in [7, 11) is 0. The van der Waals surface area contributed by atoms with Gasteiger partial charge in [0.05, 0.1) is 23.7 Å². The monoisotopic (exact) mass is 449 g/mol. The minimum absolute atomic E-state index is 0.0319. The van der Waals surface area contributed by atoms with E-state index < -0.39 is 28.7 Å². The highest BCUT2D eigenvalue weighted by atomic mass is 19.1. The number of carboxylic acids is 1. The van der Waals surface area contributed by atoms with Crippen molar-refractivity contribution in [3.63, 3.8) is 0 Å². The number of carbonyl (C=O) groups is 1. The molecule has 0 aliphatic rings. The lowest BCUT2D eigenvalue weighted by Gasteiger charge is -2.27. The molecule has 2 heterocycles. The molecule has 3 aromatic rings. The largest absolute Gasteiger partial charge is 0.477 e. The lowest BCUT2D eigenvalue weighted by molar-refractivity contribution is 0.0690. The fourth-order valence-electron chi connectivity index (χ4n) is 3.53. The van der Waals surface area contributed by atoms with Crippen LogP contribution in [0.4, 0.5) is 14.5 Å². The van der Waals surface area contributed by atoms with E-state index in [-0.39, 0.29) is 28.8 Å². The molecule has 33 heavy (non-hydrogen) atoms. The molecule has 0 fully saturated rings. The fraction of sp³-hybridized carbons (Fsp3) is 0.308. The highest BCUT2D eigenvalue weighted by Gasteiger charge is 2.30. The molecule has 7 heteroatoms. The Morgan fingerprint density at radius 1 is 1.06 bits per heavy atom. The van der Waals surface area contributed by atoms with Crippen LogP contribution in [0.25, 0.3) is 16.1 Å². The first kappa shape index (κ1) is 24.0. The first-order valence-electron chi connectivity index (χ1n) is 10.6. The summed E-state index contributed by atoms with van der Waals surface area (Å²) in [6.07, 6.45) is 0. The Bertz CT molecular complexity index is 1260. The van der Waals surface area contributed by atoms with E-state index in [0.717, 1.165) is 11.6 Å². The van der Waals surface area contributed by atoms with Crippen LogP contribution in [0, 0.1) is 24.1 Å². The van der Waals surface area contributed by atoms with E-state index in [4.69, 9.17) is 6.57 Å². The van der Waals surface area contributed by atoms with Gasteiger partial charge in [0.2, 0.25) is 0 Å². The summed E-state index contributed by atoms with van der Waals surface area (Å²) in [6.45, 7) is 17.1. The maximum Gasteiger partial charge on any atom is 0.354 e. The molecule has 0 saturated heterocycles. The second-order valence-electron chi connectivity index (χ2n) is 8.91. The number of rotatable bonds is 6. The van der Waals surface area contributed by atoms with Crippen LogP contribution >= 0.6 is 0 Å². The lowest BCUT2D eigenvalue weighted by atomic mass is 9.81. The van der Waals surface area contributed by atoms with E-state index in [0.29, 0.717) is 11.4 Å². The number of aromatic carboxylic acids is 1. The van der Waals surface area contributed by atoms with Gasteiger partial charge in [0.1, 0.15) is 17.3 Å². The van der Waals surface area contributed by atoms with Gasteiger partial charge < -0.3 is 5.11 Å². The first-order valence-corrected chi connectivity index (χ1v) is 10.6. The summed E-state index contributed by atoms with van der Waals surface area (Å²) in [6, 6.07) is 10.8. The van der Waals surface area contributed by atoms with E-state index in [9.17, 15) is 14.3 Å². The maximum atomic E-state index is 15.0. The van der Waals surface area contributed by atoms with E-state index in [1.165, 1.54) is 12.1 Å². The molecule has 1 atom stereocenters. The smallest absolute Gasteiger partial charge is 0.354 e. The average molecular weight is 450 g/mol. The number of nitrogens with zero attached hydrogens (tertiary/aromatic N) is 3. The summed E-state index contributed by atoms with van der Waals surface area (Å²) in [5.41, 5.74) is 0.700. The molecule has 0 aliphatic heterocycles. The summed E-state index contributed by atoms with van der Waals surface area (Å²) in [4.78, 5) is 23.4. The molecule has 0 amide bonds. The van der Waals surface area contributed by atoms with Gasteiger partial charge >= 0.3 is 5.97 Å². The number of carboxylic acid groups (broad SMARTS) is 1. The Morgan fingerprint density at radius 3 is 2.36 bits per heavy atom. The lowest BCUT2D eigenvalue weighted by Crippen LogP contribution is -2.24. The fourth-order valence-corrected chi connectivity index (χ4v) is 3.53. The number of pyridine rings is 2. The van der Waals surface area contributed by atoms with Crippen LogP contribution in [-0.4, -0.2) is 21.0 Å². The first-order chi connectivity index (χ1) is 15.5. The minimum Gasteiger partial charge on any atom is -0.477 e. The van der Waals surface area contributed by atoms with E-state index in [1.54, 1.807) is 18.2 Å². The summed E-state index contributed by atoms with van der Waals surface area (Å²) >= 11 is 0. The van der Waals surface area contributed by atoms with Crippen molar-refractivity contribution >= 4 is 11.7 Å². The normalized spacial score (nSPS) is 12.5. The second kappa shape index (κ2) is 9.07. The Kier molecular flexibility index (Phi) is 6.59. The van der Waals surface area contributed by atoms with Crippen molar-refractivity contribution in [3.05, 3.63) is 88.2 Å². The molecule has 0 spiro atoms. The summed E-state index contributed by atoms with van der Waals surface area (Å²) in [5.74, 6) is -2.64. The van der Waals surface area contributed by atoms with Crippen LogP contribution in [0.3, 0.4) is 0 Å². The SMILES string of the molecule is [C-]#[N+]c1c(F)ccc(-c2cc(C(C)C(C)C)cc(C(C)(C)c3cccc(C(=O)O)n3)n2)c1F. The van der Waals surface area contributed by atoms with Gasteiger partial charge in [0.15, 0.2) is 0 Å². The number of hydrogen-bond acceptors (Lipinski definition) is 3. The zero-order chi connectivity index (χ0) is 24.5. The van der Waals surface area contributed by atoms with Crippen molar-refractivity contribution in [1.29, 1.82) is 0 Å². The molecule has 2 aromatic heterocycles. The van der Waals surface area contributed by atoms with Crippen molar-refractivity contribution < 1.29 is 18.7 Å². The Morgan fingerprint density at radius 2 is 1.76 bits per heavy atom. The number of hydrogen-bond donors (Lipinski definition) is 1. The summed E-state index contributed by atoms with van der Waals surface area (Å²) < 4.78 is 29.0. The number of benzene rings is 1. The predicted molar refractivity (Wildman–Crippen MR) is 122 cm³/mol. The maximum absolute atomic E-state index is 15.0. The van der Waals surface area contributed by atoms with Crippen LogP contribution in [0.2, 0.25) is 0 Å². The van der Waals surface area contributed by atoms with Crippen LogP contribution in [0.15, 0.2) is 42.5 Å². The topological polar surface area (TPSA) is 67.4 Å².